The molecule has 8 nitrogen and oxygen atoms in total. The van der Waals surface area contributed by atoms with Crippen LogP contribution in [0, 0.1) is 13.8 Å². The van der Waals surface area contributed by atoms with Crippen LogP contribution in [0.5, 0.6) is 0 Å². The van der Waals surface area contributed by atoms with E-state index in [1.54, 1.807) is 33.9 Å². The zero-order chi connectivity index (χ0) is 18.7. The summed E-state index contributed by atoms with van der Waals surface area (Å²) in [5, 5.41) is 7.01. The predicted octanol–water partition coefficient (Wildman–Crippen LogP) is 2.31. The van der Waals surface area contributed by atoms with E-state index in [1.807, 2.05) is 0 Å². The largest absolute Gasteiger partial charge is 0.465 e. The highest BCUT2D eigenvalue weighted by Crippen LogP contribution is 2.34. The highest BCUT2D eigenvalue weighted by Gasteiger charge is 2.27. The summed E-state index contributed by atoms with van der Waals surface area (Å²) in [6, 6.07) is 1.62. The molecule has 0 saturated heterocycles. The third-order valence-electron chi connectivity index (χ3n) is 3.46. The SMILES string of the molecule is CCOC(=O)c1sc(NC(=O)c2cc(C)nn2C)c(C(=O)OC)c1C. The minimum Gasteiger partial charge on any atom is -0.465 e. The van der Waals surface area contributed by atoms with Crippen LogP contribution in [0.2, 0.25) is 0 Å². The third-order valence-corrected chi connectivity index (χ3v) is 4.65. The second-order valence-electron chi connectivity index (χ2n) is 5.22. The molecule has 2 aromatic rings. The fraction of sp³-hybridized carbons (Fsp3) is 0.375. The summed E-state index contributed by atoms with van der Waals surface area (Å²) in [4.78, 5) is 36.9. The van der Waals surface area contributed by atoms with Gasteiger partial charge in [-0.15, -0.1) is 11.3 Å². The number of amides is 1. The van der Waals surface area contributed by atoms with Crippen molar-refractivity contribution >= 4 is 34.2 Å². The van der Waals surface area contributed by atoms with E-state index in [9.17, 15) is 14.4 Å². The van der Waals surface area contributed by atoms with Crippen molar-refractivity contribution in [3.8, 4) is 0 Å². The topological polar surface area (TPSA) is 99.5 Å². The van der Waals surface area contributed by atoms with Crippen molar-refractivity contribution < 1.29 is 23.9 Å². The molecule has 25 heavy (non-hydrogen) atoms. The molecule has 0 unspecified atom stereocenters. The first-order chi connectivity index (χ1) is 11.8. The highest BCUT2D eigenvalue weighted by atomic mass is 32.1. The van der Waals surface area contributed by atoms with Gasteiger partial charge in [-0.25, -0.2) is 9.59 Å². The maximum absolute atomic E-state index is 12.5. The number of ether oxygens (including phenoxy) is 2. The summed E-state index contributed by atoms with van der Waals surface area (Å²) in [5.74, 6) is -1.63. The third kappa shape index (κ3) is 3.71. The molecule has 0 saturated carbocycles. The fourth-order valence-corrected chi connectivity index (χ4v) is 3.41. The molecule has 0 radical (unpaired) electrons. The summed E-state index contributed by atoms with van der Waals surface area (Å²) < 4.78 is 11.2. The van der Waals surface area contributed by atoms with Gasteiger partial charge in [0.2, 0.25) is 0 Å². The number of aryl methyl sites for hydroxylation is 2. The van der Waals surface area contributed by atoms with Crippen LogP contribution in [-0.4, -0.2) is 41.3 Å². The molecule has 134 valence electrons. The van der Waals surface area contributed by atoms with E-state index < -0.39 is 17.8 Å². The van der Waals surface area contributed by atoms with Crippen molar-refractivity contribution in [3.05, 3.63) is 33.5 Å². The van der Waals surface area contributed by atoms with Gasteiger partial charge in [-0.2, -0.15) is 5.10 Å². The van der Waals surface area contributed by atoms with Gasteiger partial charge in [-0.05, 0) is 32.4 Å². The Kier molecular flexibility index (Phi) is 5.58. The number of hydrogen-bond donors (Lipinski definition) is 1. The van der Waals surface area contributed by atoms with Crippen molar-refractivity contribution in [2.75, 3.05) is 19.0 Å². The lowest BCUT2D eigenvalue weighted by Crippen LogP contribution is -2.17. The molecule has 1 N–H and O–H groups in total. The quantitative estimate of drug-likeness (QED) is 0.816. The molecule has 2 aromatic heterocycles. The van der Waals surface area contributed by atoms with Gasteiger partial charge in [0.15, 0.2) is 0 Å². The van der Waals surface area contributed by atoms with Gasteiger partial charge in [0, 0.05) is 7.05 Å². The van der Waals surface area contributed by atoms with Crippen molar-refractivity contribution in [3.63, 3.8) is 0 Å². The van der Waals surface area contributed by atoms with Crippen LogP contribution in [0.1, 0.15) is 48.7 Å². The number of rotatable bonds is 5. The molecular formula is C16H19N3O5S. The van der Waals surface area contributed by atoms with E-state index in [-0.39, 0.29) is 22.0 Å². The summed E-state index contributed by atoms with van der Waals surface area (Å²) in [6.45, 7) is 5.28. The standard InChI is InChI=1S/C16H19N3O5S/c1-6-24-16(22)12-9(3)11(15(21)23-5)14(25-12)17-13(20)10-7-8(2)18-19(10)4/h7H,6H2,1-5H3,(H,17,20). The van der Waals surface area contributed by atoms with Gasteiger partial charge >= 0.3 is 11.9 Å². The number of nitrogens with zero attached hydrogens (tertiary/aromatic N) is 2. The van der Waals surface area contributed by atoms with Crippen molar-refractivity contribution in [2.24, 2.45) is 7.05 Å². The first kappa shape index (κ1) is 18.7. The van der Waals surface area contributed by atoms with Crippen molar-refractivity contribution in [1.82, 2.24) is 9.78 Å². The highest BCUT2D eigenvalue weighted by molar-refractivity contribution is 7.18. The Morgan fingerprint density at radius 2 is 1.96 bits per heavy atom. The minimum absolute atomic E-state index is 0.141. The lowest BCUT2D eigenvalue weighted by Gasteiger charge is -2.06. The number of anilines is 1. The molecule has 0 aliphatic carbocycles. The fourth-order valence-electron chi connectivity index (χ4n) is 2.33. The normalized spacial score (nSPS) is 10.4. The van der Waals surface area contributed by atoms with Crippen LogP contribution < -0.4 is 5.32 Å². The minimum atomic E-state index is -0.638. The number of aromatic nitrogens is 2. The van der Waals surface area contributed by atoms with Crippen LogP contribution in [0.4, 0.5) is 5.00 Å². The van der Waals surface area contributed by atoms with E-state index in [0.29, 0.717) is 17.0 Å². The molecule has 2 heterocycles. The van der Waals surface area contributed by atoms with Crippen LogP contribution in [-0.2, 0) is 16.5 Å². The second-order valence-corrected chi connectivity index (χ2v) is 6.24. The zero-order valence-corrected chi connectivity index (χ0v) is 15.4. The van der Waals surface area contributed by atoms with Gasteiger partial charge in [0.1, 0.15) is 15.6 Å². The number of carbonyl (C=O) groups is 3. The Morgan fingerprint density at radius 3 is 2.48 bits per heavy atom. The molecule has 0 spiro atoms. The van der Waals surface area contributed by atoms with Gasteiger partial charge in [-0.1, -0.05) is 0 Å². The van der Waals surface area contributed by atoms with Crippen LogP contribution in [0.15, 0.2) is 6.07 Å². The first-order valence-corrected chi connectivity index (χ1v) is 8.32. The summed E-state index contributed by atoms with van der Waals surface area (Å²) in [7, 11) is 2.88. The van der Waals surface area contributed by atoms with Crippen molar-refractivity contribution in [2.45, 2.75) is 20.8 Å². The summed E-state index contributed by atoms with van der Waals surface area (Å²) >= 11 is 0.977. The predicted molar refractivity (Wildman–Crippen MR) is 92.3 cm³/mol. The molecule has 0 aliphatic rings. The molecule has 0 fully saturated rings. The van der Waals surface area contributed by atoms with Gasteiger partial charge in [0.25, 0.3) is 5.91 Å². The molecular weight excluding hydrogens is 346 g/mol. The molecule has 0 atom stereocenters. The van der Waals surface area contributed by atoms with E-state index >= 15 is 0 Å². The number of nitrogens with one attached hydrogen (secondary N) is 1. The Hall–Kier alpha value is -2.68. The summed E-state index contributed by atoms with van der Waals surface area (Å²) in [6.07, 6.45) is 0. The zero-order valence-electron chi connectivity index (χ0n) is 14.6. The summed E-state index contributed by atoms with van der Waals surface area (Å²) in [5.41, 5.74) is 1.57. The maximum Gasteiger partial charge on any atom is 0.348 e. The van der Waals surface area contributed by atoms with Crippen molar-refractivity contribution in [1.29, 1.82) is 0 Å². The molecule has 9 heteroatoms. The van der Waals surface area contributed by atoms with E-state index in [1.165, 1.54) is 11.8 Å². The van der Waals surface area contributed by atoms with E-state index in [2.05, 4.69) is 10.4 Å². The number of thiophene rings is 1. The average Bonchev–Trinajstić information content (AvgIpc) is 3.06. The monoisotopic (exact) mass is 365 g/mol. The number of methoxy groups -OCH3 is 1. The number of hydrogen-bond acceptors (Lipinski definition) is 7. The first-order valence-electron chi connectivity index (χ1n) is 7.50. The van der Waals surface area contributed by atoms with Gasteiger partial charge in [0.05, 0.1) is 25.0 Å². The Morgan fingerprint density at radius 1 is 1.28 bits per heavy atom. The van der Waals surface area contributed by atoms with Gasteiger partial charge < -0.3 is 14.8 Å². The Balaban J connectivity index is 2.43. The maximum atomic E-state index is 12.5. The molecule has 0 aromatic carbocycles. The van der Waals surface area contributed by atoms with Gasteiger partial charge in [-0.3, -0.25) is 9.48 Å². The lowest BCUT2D eigenvalue weighted by atomic mass is 10.1. The van der Waals surface area contributed by atoms with Crippen LogP contribution in [0.3, 0.4) is 0 Å². The van der Waals surface area contributed by atoms with E-state index in [0.717, 1.165) is 11.3 Å². The molecule has 0 bridgehead atoms. The lowest BCUT2D eigenvalue weighted by molar-refractivity contribution is 0.0531. The second kappa shape index (κ2) is 7.47. The number of esters is 2. The molecule has 0 aliphatic heterocycles. The number of carbonyl (C=O) groups excluding carboxylic acids is 3. The van der Waals surface area contributed by atoms with E-state index in [4.69, 9.17) is 9.47 Å². The molecule has 1 amide bonds. The molecule has 2 rings (SSSR count). The van der Waals surface area contributed by atoms with Crippen LogP contribution >= 0.6 is 11.3 Å². The Labute approximate surface area is 148 Å². The Bertz CT molecular complexity index is 837. The van der Waals surface area contributed by atoms with Crippen LogP contribution in [0.25, 0.3) is 0 Å². The smallest absolute Gasteiger partial charge is 0.348 e. The average molecular weight is 365 g/mol.